The fourth-order valence-electron chi connectivity index (χ4n) is 2.72. The van der Waals surface area contributed by atoms with Crippen molar-refractivity contribution in [2.45, 2.75) is 25.8 Å². The molecule has 1 heterocycles. The van der Waals surface area contributed by atoms with Crippen LogP contribution in [-0.4, -0.2) is 24.5 Å². The summed E-state index contributed by atoms with van der Waals surface area (Å²) in [6.07, 6.45) is 2.63. The summed E-state index contributed by atoms with van der Waals surface area (Å²) in [6, 6.07) is 6.79. The highest BCUT2D eigenvalue weighted by atomic mass is 79.9. The first-order chi connectivity index (χ1) is 8.61. The van der Waals surface area contributed by atoms with Crippen LogP contribution in [0.3, 0.4) is 0 Å². The van der Waals surface area contributed by atoms with Gasteiger partial charge in [0.05, 0.1) is 0 Å². The highest BCUT2D eigenvalue weighted by Crippen LogP contribution is 2.30. The molecule has 0 saturated carbocycles. The van der Waals surface area contributed by atoms with E-state index in [0.717, 1.165) is 21.4 Å². The van der Waals surface area contributed by atoms with Gasteiger partial charge in [0.15, 0.2) is 0 Å². The summed E-state index contributed by atoms with van der Waals surface area (Å²) in [5, 5.41) is 0. The topological polar surface area (TPSA) is 29.3 Å². The minimum Gasteiger partial charge on any atom is -0.329 e. The van der Waals surface area contributed by atoms with Crippen LogP contribution >= 0.6 is 31.9 Å². The lowest BCUT2D eigenvalue weighted by Crippen LogP contribution is -2.40. The van der Waals surface area contributed by atoms with Crippen molar-refractivity contribution in [1.29, 1.82) is 0 Å². The lowest BCUT2D eigenvalue weighted by molar-refractivity contribution is 0.133. The smallest absolute Gasteiger partial charge is 0.0470 e. The molecular formula is C14H20Br2N2. The number of rotatable bonds is 3. The van der Waals surface area contributed by atoms with Gasteiger partial charge in [0.2, 0.25) is 0 Å². The molecule has 1 aromatic rings. The summed E-state index contributed by atoms with van der Waals surface area (Å²) < 4.78 is 2.19. The molecule has 0 radical (unpaired) electrons. The first-order valence-corrected chi connectivity index (χ1v) is 8.09. The van der Waals surface area contributed by atoms with E-state index in [1.165, 1.54) is 24.9 Å². The number of hydrogen-bond acceptors (Lipinski definition) is 2. The van der Waals surface area contributed by atoms with E-state index >= 15 is 0 Å². The predicted octanol–water partition coefficient (Wildman–Crippen LogP) is 3.94. The van der Waals surface area contributed by atoms with Crippen molar-refractivity contribution in [3.8, 4) is 0 Å². The van der Waals surface area contributed by atoms with Gasteiger partial charge in [-0.2, -0.15) is 0 Å². The maximum Gasteiger partial charge on any atom is 0.0470 e. The van der Waals surface area contributed by atoms with E-state index in [9.17, 15) is 0 Å². The van der Waals surface area contributed by atoms with Gasteiger partial charge in [-0.25, -0.2) is 0 Å². The standard InChI is InChI=1S/C14H20Br2N2/c1-10-3-2-6-18(9-10)14(8-17)11-4-5-12(15)13(16)7-11/h4-5,7,10,14H,2-3,6,8-9,17H2,1H3. The Balaban J connectivity index is 2.18. The Morgan fingerprint density at radius 1 is 1.39 bits per heavy atom. The molecule has 0 aromatic heterocycles. The number of likely N-dealkylation sites (tertiary alicyclic amines) is 1. The minimum atomic E-state index is 0.345. The Hall–Kier alpha value is 0.1000. The average Bonchev–Trinajstić information content (AvgIpc) is 2.35. The van der Waals surface area contributed by atoms with Crippen LogP contribution < -0.4 is 5.73 Å². The summed E-state index contributed by atoms with van der Waals surface area (Å²) in [7, 11) is 0. The molecule has 18 heavy (non-hydrogen) atoms. The van der Waals surface area contributed by atoms with Crippen molar-refractivity contribution in [3.63, 3.8) is 0 Å². The zero-order valence-corrected chi connectivity index (χ0v) is 13.9. The second-order valence-corrected chi connectivity index (χ2v) is 6.88. The van der Waals surface area contributed by atoms with Crippen LogP contribution in [0.15, 0.2) is 27.1 Å². The first-order valence-electron chi connectivity index (χ1n) is 6.51. The van der Waals surface area contributed by atoms with E-state index < -0.39 is 0 Å². The number of benzene rings is 1. The Bertz CT molecular complexity index is 409. The number of halogens is 2. The molecule has 0 amide bonds. The maximum atomic E-state index is 6.00. The van der Waals surface area contributed by atoms with Crippen molar-refractivity contribution >= 4 is 31.9 Å². The Morgan fingerprint density at radius 3 is 2.78 bits per heavy atom. The number of hydrogen-bond donors (Lipinski definition) is 1. The highest BCUT2D eigenvalue weighted by molar-refractivity contribution is 9.13. The molecule has 2 rings (SSSR count). The van der Waals surface area contributed by atoms with Crippen molar-refractivity contribution in [2.24, 2.45) is 11.7 Å². The van der Waals surface area contributed by atoms with Crippen LogP contribution in [0.1, 0.15) is 31.4 Å². The maximum absolute atomic E-state index is 6.00. The zero-order valence-electron chi connectivity index (χ0n) is 10.7. The molecule has 1 aliphatic heterocycles. The molecule has 1 saturated heterocycles. The van der Waals surface area contributed by atoms with E-state index in [-0.39, 0.29) is 0 Å². The molecule has 1 aromatic carbocycles. The van der Waals surface area contributed by atoms with E-state index in [1.54, 1.807) is 0 Å². The summed E-state index contributed by atoms with van der Waals surface area (Å²) in [5.41, 5.74) is 7.31. The van der Waals surface area contributed by atoms with Crippen molar-refractivity contribution < 1.29 is 0 Å². The van der Waals surface area contributed by atoms with E-state index in [2.05, 4.69) is 61.9 Å². The molecule has 2 nitrogen and oxygen atoms in total. The molecule has 2 atom stereocenters. The normalized spacial score (nSPS) is 23.0. The van der Waals surface area contributed by atoms with Gasteiger partial charge in [-0.3, -0.25) is 4.90 Å². The van der Waals surface area contributed by atoms with Crippen LogP contribution in [0.25, 0.3) is 0 Å². The highest BCUT2D eigenvalue weighted by Gasteiger charge is 2.24. The van der Waals surface area contributed by atoms with E-state index in [1.807, 2.05) is 0 Å². The molecule has 0 spiro atoms. The van der Waals surface area contributed by atoms with E-state index in [4.69, 9.17) is 5.73 Å². The van der Waals surface area contributed by atoms with Crippen molar-refractivity contribution in [3.05, 3.63) is 32.7 Å². The van der Waals surface area contributed by atoms with Gasteiger partial charge in [-0.15, -0.1) is 0 Å². The zero-order chi connectivity index (χ0) is 13.1. The van der Waals surface area contributed by atoms with Gasteiger partial charge in [-0.05, 0) is 74.9 Å². The fourth-order valence-corrected chi connectivity index (χ4v) is 3.37. The Morgan fingerprint density at radius 2 is 2.17 bits per heavy atom. The second-order valence-electron chi connectivity index (χ2n) is 5.17. The van der Waals surface area contributed by atoms with Gasteiger partial charge in [-0.1, -0.05) is 13.0 Å². The second kappa shape index (κ2) is 6.51. The van der Waals surface area contributed by atoms with Crippen molar-refractivity contribution in [2.75, 3.05) is 19.6 Å². The van der Waals surface area contributed by atoms with Crippen molar-refractivity contribution in [1.82, 2.24) is 4.90 Å². The molecule has 0 bridgehead atoms. The number of nitrogens with zero attached hydrogens (tertiary/aromatic N) is 1. The largest absolute Gasteiger partial charge is 0.329 e. The van der Waals surface area contributed by atoms with Crippen LogP contribution in [0, 0.1) is 5.92 Å². The summed E-state index contributed by atoms with van der Waals surface area (Å²) in [5.74, 6) is 0.784. The van der Waals surface area contributed by atoms with E-state index in [0.29, 0.717) is 12.6 Å². The lowest BCUT2D eigenvalue weighted by atomic mass is 9.96. The summed E-state index contributed by atoms with van der Waals surface area (Å²) >= 11 is 7.09. The minimum absolute atomic E-state index is 0.345. The molecular weight excluding hydrogens is 356 g/mol. The van der Waals surface area contributed by atoms with Crippen LogP contribution in [0.2, 0.25) is 0 Å². The van der Waals surface area contributed by atoms with Gasteiger partial charge >= 0.3 is 0 Å². The van der Waals surface area contributed by atoms with Gasteiger partial charge in [0.1, 0.15) is 0 Å². The molecule has 2 N–H and O–H groups in total. The predicted molar refractivity (Wildman–Crippen MR) is 83.6 cm³/mol. The first kappa shape index (κ1) is 14.5. The third-order valence-corrected chi connectivity index (χ3v) is 5.56. The van der Waals surface area contributed by atoms with Crippen LogP contribution in [-0.2, 0) is 0 Å². The lowest BCUT2D eigenvalue weighted by Gasteiger charge is -2.37. The molecule has 1 fully saturated rings. The Labute approximate surface area is 126 Å². The number of piperidine rings is 1. The Kier molecular flexibility index (Phi) is 5.24. The SMILES string of the molecule is CC1CCCN(C(CN)c2ccc(Br)c(Br)c2)C1. The molecule has 2 unspecified atom stereocenters. The quantitative estimate of drug-likeness (QED) is 0.866. The third kappa shape index (κ3) is 3.35. The number of nitrogens with two attached hydrogens (primary N) is 1. The molecule has 1 aliphatic rings. The molecule has 0 aliphatic carbocycles. The third-order valence-electron chi connectivity index (χ3n) is 3.68. The summed E-state index contributed by atoms with van der Waals surface area (Å²) in [6.45, 7) is 5.34. The molecule has 100 valence electrons. The van der Waals surface area contributed by atoms with Crippen LogP contribution in [0.4, 0.5) is 0 Å². The van der Waals surface area contributed by atoms with Crippen LogP contribution in [0.5, 0.6) is 0 Å². The van der Waals surface area contributed by atoms with Gasteiger partial charge in [0, 0.05) is 28.1 Å². The van der Waals surface area contributed by atoms with Gasteiger partial charge < -0.3 is 5.73 Å². The summed E-state index contributed by atoms with van der Waals surface area (Å²) in [4.78, 5) is 2.53. The van der Waals surface area contributed by atoms with Gasteiger partial charge in [0.25, 0.3) is 0 Å². The molecule has 4 heteroatoms. The average molecular weight is 376 g/mol. The fraction of sp³-hybridized carbons (Fsp3) is 0.571. The monoisotopic (exact) mass is 374 g/mol.